The zero-order chi connectivity index (χ0) is 48.9. The third-order valence-corrected chi connectivity index (χ3v) is 19.2. The number of benzene rings is 1. The number of sulfonamides is 1. The van der Waals surface area contributed by atoms with Gasteiger partial charge in [-0.1, -0.05) is 41.5 Å². The second-order valence-corrected chi connectivity index (χ2v) is 23.0. The Morgan fingerprint density at radius 1 is 1.03 bits per heavy atom. The van der Waals surface area contributed by atoms with E-state index >= 15 is 0 Å². The number of amides is 2. The molecule has 19 heteroatoms. The topological polar surface area (TPSA) is 225 Å². The molecule has 5 rings (SSSR count). The summed E-state index contributed by atoms with van der Waals surface area (Å²) in [6.07, 6.45) is 0.892. The van der Waals surface area contributed by atoms with Crippen molar-refractivity contribution in [3.05, 3.63) is 52.3 Å². The Balaban J connectivity index is 1.24. The number of rotatable bonds is 24. The number of likely N-dealkylation sites (N-methyl/N-ethyl adjacent to an activating group) is 1. The molecule has 2 aliphatic heterocycles. The fourth-order valence-electron chi connectivity index (χ4n) is 8.83. The van der Waals surface area contributed by atoms with Crippen LogP contribution >= 0.6 is 11.3 Å². The molecular weight excluding hydrogens is 903 g/mol. The Morgan fingerprint density at radius 2 is 1.71 bits per heavy atom. The van der Waals surface area contributed by atoms with Crippen LogP contribution in [0.3, 0.4) is 0 Å². The van der Waals surface area contributed by atoms with Gasteiger partial charge >= 0.3 is 0 Å². The first-order valence-electron chi connectivity index (χ1n) is 23.1. The van der Waals surface area contributed by atoms with E-state index in [0.717, 1.165) is 48.8 Å². The Bertz CT molecular complexity index is 2560. The second kappa shape index (κ2) is 21.4. The van der Waals surface area contributed by atoms with Crippen molar-refractivity contribution < 1.29 is 40.8 Å². The van der Waals surface area contributed by atoms with Crippen LogP contribution in [0.15, 0.2) is 32.7 Å². The largest absolute Gasteiger partial charge is 0.382 e. The first-order chi connectivity index (χ1) is 31.0. The van der Waals surface area contributed by atoms with E-state index in [2.05, 4.69) is 49.7 Å². The zero-order valence-electron chi connectivity index (χ0n) is 40.2. The van der Waals surface area contributed by atoms with E-state index in [-0.39, 0.29) is 58.3 Å². The van der Waals surface area contributed by atoms with Crippen LogP contribution in [0.2, 0.25) is 0 Å². The molecule has 0 saturated carbocycles. The number of sulfone groups is 1. The number of aromatic amines is 1. The zero-order valence-corrected chi connectivity index (χ0v) is 42.7. The maximum absolute atomic E-state index is 14.2. The fourth-order valence-corrected chi connectivity index (χ4v) is 14.3. The molecule has 0 spiro atoms. The Hall–Kier alpha value is -4.24. The summed E-state index contributed by atoms with van der Waals surface area (Å²) in [7, 11) is -8.15. The second-order valence-electron chi connectivity index (χ2n) is 17.5. The molecule has 66 heavy (non-hydrogen) atoms. The minimum absolute atomic E-state index is 0.00118. The van der Waals surface area contributed by atoms with Gasteiger partial charge < -0.3 is 35.9 Å². The van der Waals surface area contributed by atoms with Gasteiger partial charge in [-0.25, -0.2) is 16.8 Å². The predicted octanol–water partition coefficient (Wildman–Crippen LogP) is 7.12. The number of fused-ring (bicyclic) bond motifs is 2. The normalized spacial score (nSPS) is 19.0. The van der Waals surface area contributed by atoms with Crippen molar-refractivity contribution in [1.29, 1.82) is 0 Å². The molecule has 4 atom stereocenters. The number of aromatic nitrogens is 1. The van der Waals surface area contributed by atoms with Gasteiger partial charge in [0, 0.05) is 65.9 Å². The van der Waals surface area contributed by atoms with Gasteiger partial charge in [0.1, 0.15) is 20.1 Å². The monoisotopic (exact) mass is 971 g/mol. The number of nitrogens with one attached hydrogen (secondary N) is 6. The molecule has 364 valence electrons. The van der Waals surface area contributed by atoms with Crippen molar-refractivity contribution in [2.75, 3.05) is 48.7 Å². The lowest BCUT2D eigenvalue weighted by atomic mass is 9.87. The van der Waals surface area contributed by atoms with Gasteiger partial charge in [-0.15, -0.1) is 11.3 Å². The fraction of sp³-hybridized carbons (Fsp3) is 0.574. The standard InChI is InChI=1S/C47H69N7O9S3/c1-12-46(11,53-66(61,62)41-27-35-38(48-15-4)24-28(7)65(59,60)45(35)64-41)43(57)31(10)63-47(13-2,14-3)39(55)20-21-40(56)51-32-18-19-36-33(25-32)34(44(58)52-36)26-37-29(8)42(30(9)50-37)49-22-23-54(16-5)17-6/h18-19,25-28,31,38,48-50,53H,12-17,20-24H2,1-11H3,(H,51,56)(H,52,58)/b34-26-/t28-,31+,38-,46?/m0/s1. The number of anilines is 3. The number of aryl methyl sites for hydroxylation is 1. The Morgan fingerprint density at radius 3 is 2.33 bits per heavy atom. The highest BCUT2D eigenvalue weighted by molar-refractivity contribution is 7.95. The Labute approximate surface area is 394 Å². The first-order valence-corrected chi connectivity index (χ1v) is 26.9. The smallest absolute Gasteiger partial charge is 0.256 e. The van der Waals surface area contributed by atoms with Crippen molar-refractivity contribution in [3.8, 4) is 0 Å². The number of carbonyl (C=O) groups is 4. The number of H-pyrrole nitrogens is 1. The van der Waals surface area contributed by atoms with E-state index in [4.69, 9.17) is 4.74 Å². The molecule has 4 heterocycles. The van der Waals surface area contributed by atoms with Crippen molar-refractivity contribution in [3.63, 3.8) is 0 Å². The van der Waals surface area contributed by atoms with Gasteiger partial charge in [0.25, 0.3) is 15.9 Å². The number of carbonyl (C=O) groups excluding carboxylic acids is 4. The minimum Gasteiger partial charge on any atom is -0.382 e. The molecule has 16 nitrogen and oxygen atoms in total. The van der Waals surface area contributed by atoms with Crippen LogP contribution in [-0.4, -0.2) is 105 Å². The van der Waals surface area contributed by atoms with E-state index in [9.17, 15) is 36.0 Å². The molecular formula is C47H69N7O9S3. The number of thiophene rings is 1. The third-order valence-electron chi connectivity index (χ3n) is 13.2. The van der Waals surface area contributed by atoms with Gasteiger partial charge in [-0.2, -0.15) is 4.72 Å². The SMILES string of the molecule is CCN[C@H]1C[C@H](C)S(=O)(=O)c2sc(S(=O)(=O)NC(C)(CC)C(=O)[C@@H](C)OC(CC)(CC)C(=O)CCC(=O)Nc3ccc4c(c3)/C(=C/c3[nH]c(C)c(NCCN(CC)CC)c3C)C(=O)N4)cc21. The number of ketones is 2. The maximum atomic E-state index is 14.2. The molecule has 3 aromatic rings. The summed E-state index contributed by atoms with van der Waals surface area (Å²) < 4.78 is 62.9. The van der Waals surface area contributed by atoms with Crippen LogP contribution in [0.1, 0.15) is 135 Å². The minimum atomic E-state index is -4.40. The summed E-state index contributed by atoms with van der Waals surface area (Å²) >= 11 is 0.672. The van der Waals surface area contributed by atoms with E-state index in [1.165, 1.54) is 19.9 Å². The lowest BCUT2D eigenvalue weighted by Crippen LogP contribution is -2.57. The van der Waals surface area contributed by atoms with Gasteiger partial charge in [-0.3, -0.25) is 19.2 Å². The van der Waals surface area contributed by atoms with Gasteiger partial charge in [0.15, 0.2) is 21.4 Å². The van der Waals surface area contributed by atoms with Crippen LogP contribution in [0.5, 0.6) is 0 Å². The van der Waals surface area contributed by atoms with Gasteiger partial charge in [0.05, 0.1) is 22.0 Å². The van der Waals surface area contributed by atoms with Crippen molar-refractivity contribution >= 4 is 83.3 Å². The predicted molar refractivity (Wildman–Crippen MR) is 262 cm³/mol. The quantitative estimate of drug-likeness (QED) is 0.0494. The molecule has 0 bridgehead atoms. The van der Waals surface area contributed by atoms with Crippen LogP contribution in [0, 0.1) is 13.8 Å². The summed E-state index contributed by atoms with van der Waals surface area (Å²) in [4.78, 5) is 60.4. The number of hydrogen-bond donors (Lipinski definition) is 6. The summed E-state index contributed by atoms with van der Waals surface area (Å²) in [6, 6.07) is 6.15. The molecule has 0 radical (unpaired) electrons. The number of hydrogen-bond acceptors (Lipinski definition) is 13. The first kappa shape index (κ1) is 52.7. The molecule has 0 aliphatic carbocycles. The number of Topliss-reactive ketones (excluding diaryl/α,β-unsaturated/α-hetero) is 2. The van der Waals surface area contributed by atoms with Gasteiger partial charge in [0.2, 0.25) is 5.91 Å². The van der Waals surface area contributed by atoms with Crippen LogP contribution < -0.4 is 26.0 Å². The molecule has 1 aromatic carbocycles. The van der Waals surface area contributed by atoms with Crippen molar-refractivity contribution in [2.24, 2.45) is 0 Å². The van der Waals surface area contributed by atoms with Crippen LogP contribution in [0.4, 0.5) is 17.1 Å². The number of ether oxygens (including phenoxy) is 1. The highest BCUT2D eigenvalue weighted by atomic mass is 32.3. The molecule has 2 amide bonds. The molecule has 6 N–H and O–H groups in total. The average Bonchev–Trinajstić information content (AvgIpc) is 3.96. The van der Waals surface area contributed by atoms with E-state index in [1.807, 2.05) is 26.8 Å². The van der Waals surface area contributed by atoms with E-state index in [1.54, 1.807) is 45.9 Å². The lowest BCUT2D eigenvalue weighted by molar-refractivity contribution is -0.163. The molecule has 0 fully saturated rings. The molecule has 1 unspecified atom stereocenters. The van der Waals surface area contributed by atoms with E-state index in [0.29, 0.717) is 52.4 Å². The maximum Gasteiger partial charge on any atom is 0.256 e. The summed E-state index contributed by atoms with van der Waals surface area (Å²) in [5.41, 5.74) is 3.11. The van der Waals surface area contributed by atoms with Gasteiger partial charge in [-0.05, 0) is 116 Å². The summed E-state index contributed by atoms with van der Waals surface area (Å²) in [5, 5.41) is 11.8. The summed E-state index contributed by atoms with van der Waals surface area (Å²) in [6.45, 7) is 24.0. The Kier molecular flexibility index (Phi) is 17.1. The van der Waals surface area contributed by atoms with E-state index < -0.39 is 54.0 Å². The van der Waals surface area contributed by atoms with Crippen LogP contribution in [0.25, 0.3) is 11.6 Å². The highest BCUT2D eigenvalue weighted by Gasteiger charge is 2.46. The molecule has 0 saturated heterocycles. The number of nitrogens with zero attached hydrogens (tertiary/aromatic N) is 1. The lowest BCUT2D eigenvalue weighted by Gasteiger charge is -2.36. The summed E-state index contributed by atoms with van der Waals surface area (Å²) in [5.74, 6) is -1.70. The average molecular weight is 972 g/mol. The third kappa shape index (κ3) is 11.0. The molecule has 2 aromatic heterocycles. The van der Waals surface area contributed by atoms with Crippen molar-refractivity contribution in [2.45, 2.75) is 152 Å². The molecule has 2 aliphatic rings. The van der Waals surface area contributed by atoms with Crippen LogP contribution in [-0.2, 0) is 43.8 Å². The highest BCUT2D eigenvalue weighted by Crippen LogP contribution is 2.43. The van der Waals surface area contributed by atoms with Crippen molar-refractivity contribution in [1.82, 2.24) is 19.9 Å².